The van der Waals surface area contributed by atoms with Crippen LogP contribution in [-0.4, -0.2) is 57.4 Å². The van der Waals surface area contributed by atoms with E-state index in [1.807, 2.05) is 18.2 Å². The first-order valence-electron chi connectivity index (χ1n) is 8.95. The summed E-state index contributed by atoms with van der Waals surface area (Å²) in [6.07, 6.45) is -5.36. The molecule has 5 atom stereocenters. The molecule has 0 aliphatic carbocycles. The molecule has 6 nitrogen and oxygen atoms in total. The molecule has 0 unspecified atom stereocenters. The van der Waals surface area contributed by atoms with Gasteiger partial charge in [-0.2, -0.15) is 0 Å². The molecule has 0 saturated carbocycles. The SMILES string of the molecule is OC[C@H]1O[C@@H](c2ccc(Cl)c(Cc3ccc4c(c3)SCO4)c2)[C@H](O)[C@@H](O)[C@@H]1O. The molecule has 4 N–H and O–H groups in total. The van der Waals surface area contributed by atoms with Crippen LogP contribution >= 0.6 is 23.4 Å². The van der Waals surface area contributed by atoms with E-state index < -0.39 is 37.1 Å². The number of aliphatic hydroxyl groups is 4. The maximum atomic E-state index is 10.4. The number of aliphatic hydroxyl groups excluding tert-OH is 4. The van der Waals surface area contributed by atoms with Crippen LogP contribution < -0.4 is 4.74 Å². The fraction of sp³-hybridized carbons (Fsp3) is 0.400. The number of ether oxygens (including phenoxy) is 2. The van der Waals surface area contributed by atoms with Crippen molar-refractivity contribution in [3.8, 4) is 5.75 Å². The second-order valence-corrected chi connectivity index (χ2v) is 8.34. The Morgan fingerprint density at radius 1 is 1.04 bits per heavy atom. The number of thioether (sulfide) groups is 1. The van der Waals surface area contributed by atoms with E-state index in [1.165, 1.54) is 0 Å². The van der Waals surface area contributed by atoms with E-state index in [4.69, 9.17) is 21.1 Å². The molecule has 150 valence electrons. The van der Waals surface area contributed by atoms with Crippen molar-refractivity contribution in [2.45, 2.75) is 41.8 Å². The van der Waals surface area contributed by atoms with E-state index >= 15 is 0 Å². The molecular formula is C20H21ClO6S. The lowest BCUT2D eigenvalue weighted by Gasteiger charge is -2.40. The maximum Gasteiger partial charge on any atom is 0.138 e. The maximum absolute atomic E-state index is 10.4. The predicted molar refractivity (Wildman–Crippen MR) is 105 cm³/mol. The quantitative estimate of drug-likeness (QED) is 0.594. The van der Waals surface area contributed by atoms with E-state index in [-0.39, 0.29) is 0 Å². The van der Waals surface area contributed by atoms with Crippen molar-refractivity contribution < 1.29 is 29.9 Å². The Morgan fingerprint density at radius 3 is 2.64 bits per heavy atom. The van der Waals surface area contributed by atoms with Gasteiger partial charge in [-0.05, 0) is 41.3 Å². The molecule has 2 heterocycles. The Hall–Kier alpha value is -1.32. The second kappa shape index (κ2) is 8.20. The van der Waals surface area contributed by atoms with Gasteiger partial charge in [-0.15, -0.1) is 0 Å². The number of fused-ring (bicyclic) bond motifs is 1. The van der Waals surface area contributed by atoms with Crippen molar-refractivity contribution in [1.29, 1.82) is 0 Å². The zero-order chi connectivity index (χ0) is 19.8. The topological polar surface area (TPSA) is 99.4 Å². The van der Waals surface area contributed by atoms with Crippen LogP contribution in [0, 0.1) is 0 Å². The Labute approximate surface area is 171 Å². The highest BCUT2D eigenvalue weighted by molar-refractivity contribution is 7.99. The molecule has 0 aromatic heterocycles. The van der Waals surface area contributed by atoms with E-state index in [0.29, 0.717) is 22.9 Å². The Kier molecular flexibility index (Phi) is 5.85. The molecule has 2 aromatic carbocycles. The lowest BCUT2D eigenvalue weighted by atomic mass is 9.90. The third-order valence-electron chi connectivity index (χ3n) is 5.12. The molecule has 1 saturated heterocycles. The van der Waals surface area contributed by atoms with Crippen LogP contribution in [0.4, 0.5) is 0 Å². The summed E-state index contributed by atoms with van der Waals surface area (Å²) in [6, 6.07) is 11.3. The molecule has 0 amide bonds. The summed E-state index contributed by atoms with van der Waals surface area (Å²) in [5.41, 5.74) is 2.54. The summed E-state index contributed by atoms with van der Waals surface area (Å²) in [5.74, 6) is 1.50. The number of rotatable bonds is 4. The van der Waals surface area contributed by atoms with Gasteiger partial charge in [0.15, 0.2) is 0 Å². The molecule has 4 rings (SSSR count). The average Bonchev–Trinajstić information content (AvgIpc) is 3.16. The van der Waals surface area contributed by atoms with Gasteiger partial charge in [0.1, 0.15) is 42.2 Å². The third-order valence-corrected chi connectivity index (χ3v) is 6.36. The van der Waals surface area contributed by atoms with Crippen molar-refractivity contribution >= 4 is 23.4 Å². The first kappa shape index (κ1) is 20.0. The van der Waals surface area contributed by atoms with Gasteiger partial charge in [0.05, 0.1) is 11.5 Å². The van der Waals surface area contributed by atoms with Crippen LogP contribution in [0.2, 0.25) is 5.02 Å². The van der Waals surface area contributed by atoms with Crippen molar-refractivity contribution in [2.75, 3.05) is 12.5 Å². The molecule has 1 fully saturated rings. The molecule has 28 heavy (non-hydrogen) atoms. The van der Waals surface area contributed by atoms with Gasteiger partial charge in [-0.25, -0.2) is 0 Å². The molecular weight excluding hydrogens is 404 g/mol. The summed E-state index contributed by atoms with van der Waals surface area (Å²) in [4.78, 5) is 1.10. The monoisotopic (exact) mass is 424 g/mol. The van der Waals surface area contributed by atoms with Crippen molar-refractivity contribution in [3.05, 3.63) is 58.1 Å². The van der Waals surface area contributed by atoms with Gasteiger partial charge < -0.3 is 29.9 Å². The molecule has 2 aliphatic rings. The molecule has 2 aliphatic heterocycles. The summed E-state index contributed by atoms with van der Waals surface area (Å²) < 4.78 is 11.2. The minimum atomic E-state index is -1.41. The standard InChI is InChI=1S/C20H21ClO6S/c21-13-3-2-11(20-19(25)18(24)17(23)15(8-22)27-20)7-12(13)5-10-1-4-14-16(6-10)28-9-26-14/h1-4,6-7,15,17-20,22-25H,5,8-9H2/t15-,17-,18+,19-,20+/m1/s1. The lowest BCUT2D eigenvalue weighted by molar-refractivity contribution is -0.231. The first-order valence-corrected chi connectivity index (χ1v) is 10.3. The van der Waals surface area contributed by atoms with Gasteiger partial charge in [-0.1, -0.05) is 41.6 Å². The smallest absolute Gasteiger partial charge is 0.138 e. The predicted octanol–water partition coefficient (Wildman–Crippen LogP) is 1.89. The Bertz CT molecular complexity index is 861. The van der Waals surface area contributed by atoms with Crippen LogP contribution in [0.5, 0.6) is 5.75 Å². The highest BCUT2D eigenvalue weighted by Gasteiger charge is 2.44. The number of halogens is 1. The van der Waals surface area contributed by atoms with Crippen LogP contribution in [0.25, 0.3) is 0 Å². The summed E-state index contributed by atoms with van der Waals surface area (Å²) in [7, 11) is 0. The van der Waals surface area contributed by atoms with E-state index in [1.54, 1.807) is 23.9 Å². The largest absolute Gasteiger partial charge is 0.481 e. The van der Waals surface area contributed by atoms with E-state index in [2.05, 4.69) is 6.07 Å². The zero-order valence-corrected chi connectivity index (χ0v) is 16.4. The van der Waals surface area contributed by atoms with Gasteiger partial charge in [-0.3, -0.25) is 0 Å². The molecule has 0 bridgehead atoms. The summed E-state index contributed by atoms with van der Waals surface area (Å²) in [6.45, 7) is -0.462. The van der Waals surface area contributed by atoms with E-state index in [0.717, 1.165) is 21.8 Å². The highest BCUT2D eigenvalue weighted by Crippen LogP contribution is 2.38. The molecule has 0 spiro atoms. The third kappa shape index (κ3) is 3.76. The van der Waals surface area contributed by atoms with Crippen LogP contribution in [-0.2, 0) is 11.2 Å². The molecule has 0 radical (unpaired) electrons. The van der Waals surface area contributed by atoms with Gasteiger partial charge >= 0.3 is 0 Å². The molecule has 2 aromatic rings. The van der Waals surface area contributed by atoms with E-state index in [9.17, 15) is 20.4 Å². The van der Waals surface area contributed by atoms with Crippen LogP contribution in [0.3, 0.4) is 0 Å². The van der Waals surface area contributed by atoms with Crippen molar-refractivity contribution in [1.82, 2.24) is 0 Å². The number of benzene rings is 2. The summed E-state index contributed by atoms with van der Waals surface area (Å²) in [5, 5.41) is 40.3. The van der Waals surface area contributed by atoms with Crippen molar-refractivity contribution in [3.63, 3.8) is 0 Å². The number of hydrogen-bond acceptors (Lipinski definition) is 7. The van der Waals surface area contributed by atoms with Crippen molar-refractivity contribution in [2.24, 2.45) is 0 Å². The fourth-order valence-corrected chi connectivity index (χ4v) is 4.56. The minimum Gasteiger partial charge on any atom is -0.481 e. The second-order valence-electron chi connectivity index (χ2n) is 6.96. The first-order chi connectivity index (χ1) is 13.5. The average molecular weight is 425 g/mol. The van der Waals surface area contributed by atoms with Gasteiger partial charge in [0.25, 0.3) is 0 Å². The number of hydrogen-bond donors (Lipinski definition) is 4. The normalized spacial score (nSPS) is 29.4. The summed E-state index contributed by atoms with van der Waals surface area (Å²) >= 11 is 8.03. The Balaban J connectivity index is 1.60. The van der Waals surface area contributed by atoms with Crippen LogP contribution in [0.1, 0.15) is 22.8 Å². The zero-order valence-electron chi connectivity index (χ0n) is 14.9. The van der Waals surface area contributed by atoms with Gasteiger partial charge in [0.2, 0.25) is 0 Å². The van der Waals surface area contributed by atoms with Gasteiger partial charge in [0, 0.05) is 5.02 Å². The van der Waals surface area contributed by atoms with Crippen LogP contribution in [0.15, 0.2) is 41.3 Å². The Morgan fingerprint density at radius 2 is 1.86 bits per heavy atom. The highest BCUT2D eigenvalue weighted by atomic mass is 35.5. The molecule has 8 heteroatoms. The lowest BCUT2D eigenvalue weighted by Crippen LogP contribution is -2.55. The minimum absolute atomic E-state index is 0.462. The fourth-order valence-electron chi connectivity index (χ4n) is 3.56.